The lowest BCUT2D eigenvalue weighted by Gasteiger charge is -2.34. The standard InChI is InChI=1S/C39H54N2O2/c1-38(2,3)32-17-7-28(8-18-32)15-25-36(42)40-34-21-11-30(12-22-34)27-31-13-23-35(24-14-31)41-37(43)26-16-29-9-19-33(20-10-29)39(4,5)6/h7-10,15-20,25-26,30-31,34-35H,11-14,21-24,27H2,1-6H3,(H,40,42)(H,41,43). The van der Waals surface area contributed by atoms with E-state index in [0.717, 1.165) is 48.6 Å². The Hall–Kier alpha value is -3.14. The van der Waals surface area contributed by atoms with E-state index in [9.17, 15) is 9.59 Å². The second-order valence-electron chi connectivity index (χ2n) is 15.1. The Morgan fingerprint density at radius 1 is 0.581 bits per heavy atom. The Labute approximate surface area is 260 Å². The first kappa shape index (κ1) is 32.8. The van der Waals surface area contributed by atoms with Crippen LogP contribution in [0.5, 0.6) is 0 Å². The third-order valence-corrected chi connectivity index (χ3v) is 9.46. The topological polar surface area (TPSA) is 58.2 Å². The molecule has 2 saturated carbocycles. The van der Waals surface area contributed by atoms with E-state index in [1.807, 2.05) is 12.2 Å². The van der Waals surface area contributed by atoms with Crippen LogP contribution in [0.2, 0.25) is 0 Å². The number of rotatable bonds is 8. The van der Waals surface area contributed by atoms with Gasteiger partial charge in [-0.2, -0.15) is 0 Å². The number of carbonyl (C=O) groups excluding carboxylic acids is 2. The van der Waals surface area contributed by atoms with Crippen molar-refractivity contribution < 1.29 is 9.59 Å². The quantitative estimate of drug-likeness (QED) is 0.306. The molecule has 2 N–H and O–H groups in total. The molecule has 2 aromatic rings. The van der Waals surface area contributed by atoms with Crippen LogP contribution in [0.3, 0.4) is 0 Å². The van der Waals surface area contributed by atoms with E-state index in [0.29, 0.717) is 0 Å². The summed E-state index contributed by atoms with van der Waals surface area (Å²) in [5.41, 5.74) is 4.97. The Kier molecular flexibility index (Phi) is 11.1. The highest BCUT2D eigenvalue weighted by molar-refractivity contribution is 5.92. The van der Waals surface area contributed by atoms with Gasteiger partial charge in [-0.15, -0.1) is 0 Å². The van der Waals surface area contributed by atoms with Crippen molar-refractivity contribution in [3.63, 3.8) is 0 Å². The van der Waals surface area contributed by atoms with Gasteiger partial charge in [0.2, 0.25) is 11.8 Å². The molecular weight excluding hydrogens is 528 g/mol. The van der Waals surface area contributed by atoms with Crippen LogP contribution in [0.15, 0.2) is 60.7 Å². The number of hydrogen-bond donors (Lipinski definition) is 2. The van der Waals surface area contributed by atoms with Gasteiger partial charge in [0, 0.05) is 24.2 Å². The summed E-state index contributed by atoms with van der Waals surface area (Å²) in [6, 6.07) is 17.5. The Balaban J connectivity index is 1.11. The van der Waals surface area contributed by atoms with Crippen molar-refractivity contribution in [3.05, 3.63) is 82.9 Å². The minimum absolute atomic E-state index is 0.0111. The fourth-order valence-corrected chi connectivity index (χ4v) is 6.59. The Bertz CT molecular complexity index is 1140. The molecule has 0 aromatic heterocycles. The lowest BCUT2D eigenvalue weighted by molar-refractivity contribution is -0.118. The van der Waals surface area contributed by atoms with Crippen molar-refractivity contribution in [2.75, 3.05) is 0 Å². The second-order valence-corrected chi connectivity index (χ2v) is 15.1. The van der Waals surface area contributed by atoms with Crippen molar-refractivity contribution in [1.29, 1.82) is 0 Å². The third kappa shape index (κ3) is 10.5. The highest BCUT2D eigenvalue weighted by Gasteiger charge is 2.27. The number of nitrogens with one attached hydrogen (secondary N) is 2. The first-order valence-electron chi connectivity index (χ1n) is 16.5. The number of carbonyl (C=O) groups is 2. The maximum Gasteiger partial charge on any atom is 0.244 e. The maximum absolute atomic E-state index is 12.5. The second kappa shape index (κ2) is 14.6. The summed E-state index contributed by atoms with van der Waals surface area (Å²) in [5, 5.41) is 6.46. The van der Waals surface area contributed by atoms with Crippen molar-refractivity contribution in [2.45, 2.75) is 122 Å². The van der Waals surface area contributed by atoms with Crippen LogP contribution in [0.25, 0.3) is 12.2 Å². The molecule has 2 aliphatic rings. The monoisotopic (exact) mass is 582 g/mol. The van der Waals surface area contributed by atoms with Gasteiger partial charge in [0.1, 0.15) is 0 Å². The first-order valence-corrected chi connectivity index (χ1v) is 16.5. The van der Waals surface area contributed by atoms with E-state index >= 15 is 0 Å². The minimum atomic E-state index is 0.0111. The molecule has 0 unspecified atom stereocenters. The van der Waals surface area contributed by atoms with Crippen molar-refractivity contribution in [1.82, 2.24) is 10.6 Å². The summed E-state index contributed by atoms with van der Waals surface area (Å²) in [6.07, 6.45) is 17.5. The Morgan fingerprint density at radius 3 is 1.21 bits per heavy atom. The van der Waals surface area contributed by atoms with Crippen LogP contribution in [-0.2, 0) is 20.4 Å². The van der Waals surface area contributed by atoms with Crippen LogP contribution in [0.4, 0.5) is 0 Å². The molecule has 4 rings (SSSR count). The van der Waals surface area contributed by atoms with Crippen LogP contribution >= 0.6 is 0 Å². The molecule has 0 atom stereocenters. The van der Waals surface area contributed by atoms with Gasteiger partial charge in [0.15, 0.2) is 0 Å². The molecule has 0 radical (unpaired) electrons. The predicted molar refractivity (Wildman–Crippen MR) is 181 cm³/mol. The fourth-order valence-electron chi connectivity index (χ4n) is 6.59. The van der Waals surface area contributed by atoms with Gasteiger partial charge >= 0.3 is 0 Å². The summed E-state index contributed by atoms with van der Waals surface area (Å²) in [5.74, 6) is 1.54. The summed E-state index contributed by atoms with van der Waals surface area (Å²) >= 11 is 0. The van der Waals surface area contributed by atoms with Gasteiger partial charge in [-0.25, -0.2) is 0 Å². The average molecular weight is 583 g/mol. The summed E-state index contributed by atoms with van der Waals surface area (Å²) in [6.45, 7) is 13.3. The third-order valence-electron chi connectivity index (χ3n) is 9.46. The molecule has 232 valence electrons. The predicted octanol–water partition coefficient (Wildman–Crippen LogP) is 8.75. The van der Waals surface area contributed by atoms with E-state index in [4.69, 9.17) is 0 Å². The SMILES string of the molecule is CC(C)(C)c1ccc(C=CC(=O)NC2CCC(CC3CCC(NC(=O)C=Cc4ccc(C(C)(C)C)cc4)CC3)CC2)cc1. The molecule has 2 aliphatic carbocycles. The van der Waals surface area contributed by atoms with E-state index in [1.54, 1.807) is 12.2 Å². The smallest absolute Gasteiger partial charge is 0.244 e. The van der Waals surface area contributed by atoms with Crippen LogP contribution in [-0.4, -0.2) is 23.9 Å². The molecular formula is C39H54N2O2. The molecule has 4 nitrogen and oxygen atoms in total. The van der Waals surface area contributed by atoms with Crippen LogP contribution in [0.1, 0.15) is 122 Å². The maximum atomic E-state index is 12.5. The van der Waals surface area contributed by atoms with Gasteiger partial charge < -0.3 is 10.6 Å². The molecule has 0 spiro atoms. The van der Waals surface area contributed by atoms with E-state index in [2.05, 4.69) is 101 Å². The van der Waals surface area contributed by atoms with Gasteiger partial charge in [-0.05, 0) is 115 Å². The largest absolute Gasteiger partial charge is 0.350 e. The zero-order valence-corrected chi connectivity index (χ0v) is 27.4. The van der Waals surface area contributed by atoms with Gasteiger partial charge in [-0.3, -0.25) is 9.59 Å². The van der Waals surface area contributed by atoms with Crippen LogP contribution in [0, 0.1) is 11.8 Å². The van der Waals surface area contributed by atoms with Gasteiger partial charge in [-0.1, -0.05) is 90.1 Å². The van der Waals surface area contributed by atoms with E-state index in [1.165, 1.54) is 43.2 Å². The Morgan fingerprint density at radius 2 is 0.907 bits per heavy atom. The summed E-state index contributed by atoms with van der Waals surface area (Å²) in [4.78, 5) is 25.1. The number of amides is 2. The van der Waals surface area contributed by atoms with Crippen molar-refractivity contribution in [2.24, 2.45) is 11.8 Å². The average Bonchev–Trinajstić information content (AvgIpc) is 2.96. The molecule has 2 aromatic carbocycles. The number of benzene rings is 2. The molecule has 43 heavy (non-hydrogen) atoms. The highest BCUT2D eigenvalue weighted by Crippen LogP contribution is 2.35. The zero-order valence-electron chi connectivity index (χ0n) is 27.4. The summed E-state index contributed by atoms with van der Waals surface area (Å²) in [7, 11) is 0. The van der Waals surface area contributed by atoms with Crippen LogP contribution < -0.4 is 10.6 Å². The van der Waals surface area contributed by atoms with Crippen molar-refractivity contribution in [3.8, 4) is 0 Å². The molecule has 0 bridgehead atoms. The molecule has 0 saturated heterocycles. The molecule has 0 aliphatic heterocycles. The fraction of sp³-hybridized carbons (Fsp3) is 0.538. The molecule has 2 fully saturated rings. The normalized spacial score (nSPS) is 23.4. The van der Waals surface area contributed by atoms with E-state index < -0.39 is 0 Å². The van der Waals surface area contributed by atoms with Gasteiger partial charge in [0.25, 0.3) is 0 Å². The lowest BCUT2D eigenvalue weighted by atomic mass is 9.75. The van der Waals surface area contributed by atoms with Crippen molar-refractivity contribution >= 4 is 24.0 Å². The molecule has 2 amide bonds. The zero-order chi connectivity index (χ0) is 31.0. The number of hydrogen-bond acceptors (Lipinski definition) is 2. The molecule has 4 heteroatoms. The first-order chi connectivity index (χ1) is 20.3. The van der Waals surface area contributed by atoms with Gasteiger partial charge in [0.05, 0.1) is 0 Å². The lowest BCUT2D eigenvalue weighted by Crippen LogP contribution is -2.38. The summed E-state index contributed by atoms with van der Waals surface area (Å²) < 4.78 is 0. The molecule has 0 heterocycles. The minimum Gasteiger partial charge on any atom is -0.350 e. The van der Waals surface area contributed by atoms with E-state index in [-0.39, 0.29) is 34.7 Å². The highest BCUT2D eigenvalue weighted by atomic mass is 16.2.